The molecule has 0 saturated carbocycles. The zero-order chi connectivity index (χ0) is 41.5. The number of methoxy groups -OCH3 is 3. The fourth-order valence-electron chi connectivity index (χ4n) is 5.44. The summed E-state index contributed by atoms with van der Waals surface area (Å²) >= 11 is 3.43. The minimum absolute atomic E-state index is 0.00322. The minimum atomic E-state index is -4.47. The Morgan fingerprint density at radius 3 is 1.88 bits per heavy atom. The number of sulfonamides is 2. The van der Waals surface area contributed by atoms with Gasteiger partial charge in [0.1, 0.15) is 11.6 Å². The normalized spacial score (nSPS) is 11.3. The molecule has 0 atom stereocenters. The molecule has 58 heavy (non-hydrogen) atoms. The zero-order valence-corrected chi connectivity index (χ0v) is 34.4. The van der Waals surface area contributed by atoms with Crippen LogP contribution >= 0.6 is 15.9 Å². The lowest BCUT2D eigenvalue weighted by Crippen LogP contribution is -2.37. The van der Waals surface area contributed by atoms with Crippen LogP contribution in [0.15, 0.2) is 108 Å². The number of hydrogen-bond donors (Lipinski definition) is 5. The summed E-state index contributed by atoms with van der Waals surface area (Å²) in [6.07, 6.45) is 3.28. The van der Waals surface area contributed by atoms with Crippen molar-refractivity contribution in [1.82, 2.24) is 19.9 Å². The quantitative estimate of drug-likeness (QED) is 0.0607. The highest BCUT2D eigenvalue weighted by Gasteiger charge is 2.28. The summed E-state index contributed by atoms with van der Waals surface area (Å²) in [5.74, 6) is -0.371. The van der Waals surface area contributed by atoms with E-state index in [1.54, 1.807) is 66.7 Å². The molecule has 6 aromatic rings. The van der Waals surface area contributed by atoms with E-state index in [9.17, 15) is 16.8 Å². The summed E-state index contributed by atoms with van der Waals surface area (Å²) < 4.78 is 89.1. The molecule has 4 aromatic carbocycles. The maximum absolute atomic E-state index is 15.1. The molecule has 302 valence electrons. The number of anilines is 10. The van der Waals surface area contributed by atoms with Crippen molar-refractivity contribution < 1.29 is 35.4 Å². The molecule has 2 aromatic heterocycles. The molecule has 5 N–H and O–H groups in total. The number of para-hydroxylation sites is 7. The Morgan fingerprint density at radius 1 is 0.638 bits per heavy atom. The monoisotopic (exact) mass is 894 g/mol. The smallest absolute Gasteiger partial charge is 0.252 e. The summed E-state index contributed by atoms with van der Waals surface area (Å²) in [5.41, 5.74) is 1.34. The van der Waals surface area contributed by atoms with Crippen molar-refractivity contribution in [2.24, 2.45) is 0 Å². The third-order valence-electron chi connectivity index (χ3n) is 8.05. The number of halogens is 2. The number of ether oxygens (including phenoxy) is 3. The summed E-state index contributed by atoms with van der Waals surface area (Å²) in [4.78, 5) is 17.1. The molecule has 0 unspecified atom stereocenters. The second kappa shape index (κ2) is 17.8. The Balaban J connectivity index is 1.24. The van der Waals surface area contributed by atoms with Crippen LogP contribution in [0.1, 0.15) is 0 Å². The molecule has 0 aliphatic heterocycles. The lowest BCUT2D eigenvalue weighted by molar-refractivity contribution is 0.356. The van der Waals surface area contributed by atoms with Crippen molar-refractivity contribution in [2.75, 3.05) is 63.8 Å². The Bertz CT molecular complexity index is 2660. The largest absolute Gasteiger partial charge is 0.495 e. The van der Waals surface area contributed by atoms with E-state index < -0.39 is 31.7 Å². The maximum Gasteiger partial charge on any atom is 0.252 e. The van der Waals surface area contributed by atoms with Gasteiger partial charge in [0.15, 0.2) is 29.0 Å². The van der Waals surface area contributed by atoms with Crippen LogP contribution in [0.5, 0.6) is 17.2 Å². The lowest BCUT2D eigenvalue weighted by Gasteiger charge is -2.25. The van der Waals surface area contributed by atoms with Crippen molar-refractivity contribution in [3.05, 3.63) is 114 Å². The standard InChI is InChI=1S/C37H36BrFN10O7S2/c1-54-31-18-10-8-15-28(31)44-37-41-21-24(39)35(47-37)43-27-14-7-9-17-30(27)49(57(4,50)51)22-58(52,53)48-26-13-6-5-12-25(26)42-34-23(38)20-40-36(46-34)45-29-16-11-19-32(55-2)33(29)56-3/h5-21,48H,22H2,1-4H3,(H2,40,42,45,46)(H2,41,43,44,47). The average molecular weight is 896 g/mol. The first-order valence-corrected chi connectivity index (χ1v) is 21.2. The molecule has 6 rings (SSSR count). The van der Waals surface area contributed by atoms with Crippen LogP contribution in [0.4, 0.5) is 62.0 Å². The highest BCUT2D eigenvalue weighted by molar-refractivity contribution is 9.10. The molecule has 17 nitrogen and oxygen atoms in total. The first-order chi connectivity index (χ1) is 27.8. The SMILES string of the molecule is COc1ccccc1Nc1ncc(F)c(Nc2ccccc2N(CS(=O)(=O)Nc2ccccc2Nc2nc(Nc3cccc(OC)c3OC)ncc2Br)S(C)(=O)=O)n1. The Hall–Kier alpha value is -6.45. The molecule has 0 aliphatic rings. The fourth-order valence-corrected chi connectivity index (χ4v) is 8.45. The molecule has 0 aliphatic carbocycles. The predicted octanol–water partition coefficient (Wildman–Crippen LogP) is 7.33. The van der Waals surface area contributed by atoms with Crippen LogP contribution in [0.25, 0.3) is 0 Å². The van der Waals surface area contributed by atoms with Crippen LogP contribution in [-0.4, -0.2) is 70.2 Å². The van der Waals surface area contributed by atoms with Gasteiger partial charge in [-0.15, -0.1) is 0 Å². The molecular formula is C37H36BrFN10O7S2. The summed E-state index contributed by atoms with van der Waals surface area (Å²) in [6.45, 7) is 0. The molecule has 2 heterocycles. The van der Waals surface area contributed by atoms with E-state index in [4.69, 9.17) is 14.2 Å². The first-order valence-electron chi connectivity index (χ1n) is 16.9. The van der Waals surface area contributed by atoms with Crippen molar-refractivity contribution in [1.29, 1.82) is 0 Å². The number of benzene rings is 4. The van der Waals surface area contributed by atoms with Crippen molar-refractivity contribution >= 4 is 93.6 Å². The molecule has 0 saturated heterocycles. The Kier molecular flexibility index (Phi) is 12.6. The van der Waals surface area contributed by atoms with Gasteiger partial charge < -0.3 is 35.5 Å². The fraction of sp³-hybridized carbons (Fsp3) is 0.135. The van der Waals surface area contributed by atoms with E-state index >= 15 is 4.39 Å². The van der Waals surface area contributed by atoms with Gasteiger partial charge in [-0.2, -0.15) is 9.97 Å². The van der Waals surface area contributed by atoms with Gasteiger partial charge in [0.2, 0.25) is 21.9 Å². The summed E-state index contributed by atoms with van der Waals surface area (Å²) in [6, 6.07) is 24.5. The molecule has 0 amide bonds. The van der Waals surface area contributed by atoms with E-state index in [1.165, 1.54) is 51.8 Å². The second-order valence-electron chi connectivity index (χ2n) is 12.0. The highest BCUT2D eigenvalue weighted by atomic mass is 79.9. The number of aromatic nitrogens is 4. The van der Waals surface area contributed by atoms with E-state index in [0.29, 0.717) is 37.4 Å². The lowest BCUT2D eigenvalue weighted by atomic mass is 10.2. The molecule has 0 radical (unpaired) electrons. The van der Waals surface area contributed by atoms with Gasteiger partial charge in [0.25, 0.3) is 10.0 Å². The second-order valence-corrected chi connectivity index (χ2v) is 16.5. The first kappa shape index (κ1) is 41.2. The molecule has 0 bridgehead atoms. The molecule has 21 heteroatoms. The van der Waals surface area contributed by atoms with Gasteiger partial charge in [0, 0.05) is 6.20 Å². The van der Waals surface area contributed by atoms with Crippen LogP contribution in [-0.2, 0) is 20.0 Å². The molecule has 0 fully saturated rings. The van der Waals surface area contributed by atoms with Crippen LogP contribution in [0, 0.1) is 5.82 Å². The van der Waals surface area contributed by atoms with E-state index in [2.05, 4.69) is 61.9 Å². The van der Waals surface area contributed by atoms with Gasteiger partial charge >= 0.3 is 0 Å². The Labute approximate surface area is 342 Å². The van der Waals surface area contributed by atoms with Gasteiger partial charge in [-0.25, -0.2) is 31.2 Å². The van der Waals surface area contributed by atoms with E-state index in [1.807, 2.05) is 0 Å². The van der Waals surface area contributed by atoms with Crippen LogP contribution in [0.3, 0.4) is 0 Å². The number of hydrogen-bond acceptors (Lipinski definition) is 15. The van der Waals surface area contributed by atoms with Gasteiger partial charge in [-0.3, -0.25) is 9.03 Å². The van der Waals surface area contributed by atoms with Crippen LogP contribution < -0.4 is 44.5 Å². The van der Waals surface area contributed by atoms with E-state index in [0.717, 1.165) is 12.5 Å². The van der Waals surface area contributed by atoms with E-state index in [-0.39, 0.29) is 46.3 Å². The van der Waals surface area contributed by atoms with Crippen molar-refractivity contribution in [3.63, 3.8) is 0 Å². The third-order valence-corrected chi connectivity index (χ3v) is 11.0. The van der Waals surface area contributed by atoms with Crippen molar-refractivity contribution in [3.8, 4) is 17.2 Å². The maximum atomic E-state index is 15.1. The zero-order valence-electron chi connectivity index (χ0n) is 31.2. The van der Waals surface area contributed by atoms with Gasteiger partial charge in [-0.1, -0.05) is 42.5 Å². The van der Waals surface area contributed by atoms with Gasteiger partial charge in [0.05, 0.1) is 72.4 Å². The highest BCUT2D eigenvalue weighted by Crippen LogP contribution is 2.37. The molecule has 0 spiro atoms. The summed E-state index contributed by atoms with van der Waals surface area (Å²) in [7, 11) is -4.24. The average Bonchev–Trinajstić information content (AvgIpc) is 3.20. The van der Waals surface area contributed by atoms with Gasteiger partial charge in [-0.05, 0) is 64.5 Å². The number of rotatable bonds is 17. The summed E-state index contributed by atoms with van der Waals surface area (Å²) in [5, 5.41) is 11.9. The number of nitrogens with one attached hydrogen (secondary N) is 5. The third kappa shape index (κ3) is 9.91. The van der Waals surface area contributed by atoms with Crippen LogP contribution in [0.2, 0.25) is 0 Å². The minimum Gasteiger partial charge on any atom is -0.495 e. The topological polar surface area (TPSA) is 211 Å². The molecular weight excluding hydrogens is 860 g/mol. The number of nitrogens with zero attached hydrogens (tertiary/aromatic N) is 5. The predicted molar refractivity (Wildman–Crippen MR) is 225 cm³/mol. The van der Waals surface area contributed by atoms with Crippen molar-refractivity contribution in [2.45, 2.75) is 0 Å². The Morgan fingerprint density at radius 2 is 1.19 bits per heavy atom.